The third-order valence-corrected chi connectivity index (χ3v) is 5.79. The molecule has 1 aromatic rings. The molecule has 0 amide bonds. The van der Waals surface area contributed by atoms with E-state index in [2.05, 4.69) is 26.0 Å². The standard InChI is InChI=1S/C13H17BrF2N2O2S.ClH/c1-13(2-4-17-5-3-13)8-18-21(19,20)12-6-9(14)10(15)7-11(12)16;/h6-7,17-18H,2-5,8H2,1H3;1H. The van der Waals surface area contributed by atoms with Crippen molar-refractivity contribution >= 4 is 38.4 Å². The largest absolute Gasteiger partial charge is 0.317 e. The maximum atomic E-state index is 13.7. The first-order valence-electron chi connectivity index (χ1n) is 6.58. The zero-order valence-corrected chi connectivity index (χ0v) is 15.2. The average Bonchev–Trinajstić information content (AvgIpc) is 2.42. The molecule has 0 aliphatic carbocycles. The number of piperidine rings is 1. The monoisotopic (exact) mass is 418 g/mol. The summed E-state index contributed by atoms with van der Waals surface area (Å²) < 4.78 is 53.6. The Balaban J connectivity index is 0.00000242. The van der Waals surface area contributed by atoms with Crippen LogP contribution in [0.25, 0.3) is 0 Å². The number of nitrogens with one attached hydrogen (secondary N) is 2. The Bertz CT molecular complexity index is 637. The van der Waals surface area contributed by atoms with E-state index in [1.807, 2.05) is 6.92 Å². The third kappa shape index (κ3) is 4.61. The molecule has 126 valence electrons. The summed E-state index contributed by atoms with van der Waals surface area (Å²) in [5, 5.41) is 3.21. The van der Waals surface area contributed by atoms with Crippen molar-refractivity contribution < 1.29 is 17.2 Å². The van der Waals surface area contributed by atoms with Crippen LogP contribution in [0.2, 0.25) is 0 Å². The Morgan fingerprint density at radius 2 is 1.86 bits per heavy atom. The Hall–Kier alpha value is -0.280. The maximum absolute atomic E-state index is 13.7. The van der Waals surface area contributed by atoms with Gasteiger partial charge in [-0.1, -0.05) is 6.92 Å². The minimum atomic E-state index is -4.01. The zero-order valence-electron chi connectivity index (χ0n) is 12.0. The van der Waals surface area contributed by atoms with E-state index in [1.165, 1.54) is 0 Å². The van der Waals surface area contributed by atoms with Gasteiger partial charge < -0.3 is 5.32 Å². The molecular weight excluding hydrogens is 402 g/mol. The van der Waals surface area contributed by atoms with Gasteiger partial charge in [0.1, 0.15) is 16.5 Å². The van der Waals surface area contributed by atoms with Crippen LogP contribution in [-0.4, -0.2) is 28.1 Å². The van der Waals surface area contributed by atoms with Crippen LogP contribution in [0, 0.1) is 17.0 Å². The van der Waals surface area contributed by atoms with Crippen LogP contribution in [0.5, 0.6) is 0 Å². The van der Waals surface area contributed by atoms with Crippen LogP contribution in [0.4, 0.5) is 8.78 Å². The highest BCUT2D eigenvalue weighted by Crippen LogP contribution is 2.28. The van der Waals surface area contributed by atoms with Gasteiger partial charge in [0.25, 0.3) is 0 Å². The molecule has 9 heteroatoms. The second kappa shape index (κ2) is 7.53. The summed E-state index contributed by atoms with van der Waals surface area (Å²) in [4.78, 5) is -0.548. The number of halogens is 4. The number of benzene rings is 1. The van der Waals surface area contributed by atoms with Crippen LogP contribution < -0.4 is 10.0 Å². The molecule has 1 fully saturated rings. The smallest absolute Gasteiger partial charge is 0.243 e. The third-order valence-electron chi connectivity index (χ3n) is 3.76. The van der Waals surface area contributed by atoms with Gasteiger partial charge in [-0.05, 0) is 53.3 Å². The van der Waals surface area contributed by atoms with Crippen LogP contribution in [-0.2, 0) is 10.0 Å². The molecule has 4 nitrogen and oxygen atoms in total. The molecule has 0 spiro atoms. The minimum Gasteiger partial charge on any atom is -0.317 e. The highest BCUT2D eigenvalue weighted by atomic mass is 79.9. The summed E-state index contributed by atoms with van der Waals surface area (Å²) in [6.45, 7) is 3.88. The van der Waals surface area contributed by atoms with Crippen LogP contribution in [0.1, 0.15) is 19.8 Å². The Labute approximate surface area is 143 Å². The first kappa shape index (κ1) is 19.8. The number of sulfonamides is 1. The fourth-order valence-corrected chi connectivity index (χ4v) is 4.04. The molecule has 1 aliphatic heterocycles. The van der Waals surface area contributed by atoms with Crippen molar-refractivity contribution in [2.75, 3.05) is 19.6 Å². The lowest BCUT2D eigenvalue weighted by atomic mass is 9.81. The Morgan fingerprint density at radius 3 is 2.45 bits per heavy atom. The van der Waals surface area contributed by atoms with E-state index in [-0.39, 0.29) is 28.8 Å². The van der Waals surface area contributed by atoms with Crippen LogP contribution in [0.15, 0.2) is 21.5 Å². The molecule has 1 aliphatic rings. The second-order valence-corrected chi connectivity index (χ2v) is 8.17. The fraction of sp³-hybridized carbons (Fsp3) is 0.538. The van der Waals surface area contributed by atoms with Crippen molar-refractivity contribution in [2.24, 2.45) is 5.41 Å². The van der Waals surface area contributed by atoms with E-state index in [1.54, 1.807) is 0 Å². The van der Waals surface area contributed by atoms with Gasteiger partial charge in [0.05, 0.1) is 4.47 Å². The van der Waals surface area contributed by atoms with E-state index in [4.69, 9.17) is 0 Å². The first-order valence-corrected chi connectivity index (χ1v) is 8.86. The van der Waals surface area contributed by atoms with E-state index in [0.29, 0.717) is 6.07 Å². The molecule has 22 heavy (non-hydrogen) atoms. The zero-order chi connectivity index (χ0) is 15.7. The molecule has 0 atom stereocenters. The quantitative estimate of drug-likeness (QED) is 0.738. The Kier molecular flexibility index (Phi) is 6.76. The summed E-state index contributed by atoms with van der Waals surface area (Å²) in [5.41, 5.74) is -0.161. The maximum Gasteiger partial charge on any atom is 0.243 e. The van der Waals surface area contributed by atoms with Gasteiger partial charge in [0.15, 0.2) is 0 Å². The van der Waals surface area contributed by atoms with Gasteiger partial charge >= 0.3 is 0 Å². The molecule has 1 saturated heterocycles. The topological polar surface area (TPSA) is 58.2 Å². The Morgan fingerprint density at radius 1 is 1.27 bits per heavy atom. The summed E-state index contributed by atoms with van der Waals surface area (Å²) >= 11 is 2.87. The van der Waals surface area contributed by atoms with Crippen molar-refractivity contribution in [1.82, 2.24) is 10.0 Å². The highest BCUT2D eigenvalue weighted by Gasteiger charge is 2.30. The first-order chi connectivity index (χ1) is 9.73. The molecule has 0 radical (unpaired) electrons. The van der Waals surface area contributed by atoms with Gasteiger partial charge in [0, 0.05) is 12.6 Å². The molecule has 0 aromatic heterocycles. The van der Waals surface area contributed by atoms with E-state index in [9.17, 15) is 17.2 Å². The van der Waals surface area contributed by atoms with Crippen molar-refractivity contribution in [1.29, 1.82) is 0 Å². The molecule has 0 bridgehead atoms. The van der Waals surface area contributed by atoms with Crippen LogP contribution in [0.3, 0.4) is 0 Å². The van der Waals surface area contributed by atoms with E-state index >= 15 is 0 Å². The molecule has 1 aromatic carbocycles. The van der Waals surface area contributed by atoms with Gasteiger partial charge in [-0.3, -0.25) is 0 Å². The SMILES string of the molecule is CC1(CNS(=O)(=O)c2cc(Br)c(F)cc2F)CCNCC1.Cl. The fourth-order valence-electron chi connectivity index (χ4n) is 2.26. The van der Waals surface area contributed by atoms with Crippen molar-refractivity contribution in [3.63, 3.8) is 0 Å². The molecule has 0 saturated carbocycles. The van der Waals surface area contributed by atoms with Crippen molar-refractivity contribution in [3.05, 3.63) is 28.2 Å². The van der Waals surface area contributed by atoms with E-state index in [0.717, 1.165) is 32.0 Å². The minimum absolute atomic E-state index is 0. The van der Waals surface area contributed by atoms with Gasteiger partial charge in [-0.15, -0.1) is 12.4 Å². The summed E-state index contributed by atoms with van der Waals surface area (Å²) in [7, 11) is -4.01. The van der Waals surface area contributed by atoms with Crippen molar-refractivity contribution in [2.45, 2.75) is 24.7 Å². The molecule has 2 N–H and O–H groups in total. The predicted molar refractivity (Wildman–Crippen MR) is 86.7 cm³/mol. The average molecular weight is 420 g/mol. The lowest BCUT2D eigenvalue weighted by molar-refractivity contribution is 0.232. The molecule has 1 heterocycles. The van der Waals surface area contributed by atoms with Gasteiger partial charge in [-0.25, -0.2) is 21.9 Å². The second-order valence-electron chi connectivity index (χ2n) is 5.58. The summed E-state index contributed by atoms with van der Waals surface area (Å²) in [6.07, 6.45) is 1.68. The van der Waals surface area contributed by atoms with Gasteiger partial charge in [0.2, 0.25) is 10.0 Å². The summed E-state index contributed by atoms with van der Waals surface area (Å²) in [5.74, 6) is -1.93. The molecule has 0 unspecified atom stereocenters. The number of hydrogen-bond donors (Lipinski definition) is 2. The lowest BCUT2D eigenvalue weighted by Gasteiger charge is -2.34. The normalized spacial score (nSPS) is 17.8. The molecular formula is C13H18BrClF2N2O2S. The molecule has 2 rings (SSSR count). The highest BCUT2D eigenvalue weighted by molar-refractivity contribution is 9.10. The number of rotatable bonds is 4. The number of hydrogen-bond acceptors (Lipinski definition) is 3. The predicted octanol–water partition coefficient (Wildman–Crippen LogP) is 2.82. The van der Waals surface area contributed by atoms with E-state index < -0.39 is 26.6 Å². The van der Waals surface area contributed by atoms with Crippen LogP contribution >= 0.6 is 28.3 Å². The lowest BCUT2D eigenvalue weighted by Crippen LogP contribution is -2.43. The summed E-state index contributed by atoms with van der Waals surface area (Å²) in [6, 6.07) is 1.50. The van der Waals surface area contributed by atoms with Crippen molar-refractivity contribution in [3.8, 4) is 0 Å². The van der Waals surface area contributed by atoms with Gasteiger partial charge in [-0.2, -0.15) is 0 Å².